The SMILES string of the molecule is CCOc1ccc(C[C@@H](CNC(=O)c2occc2C)C(N)=O)cc1. The average molecular weight is 330 g/mol. The van der Waals surface area contributed by atoms with Crippen molar-refractivity contribution in [3.8, 4) is 5.75 Å². The number of carbonyl (C=O) groups is 2. The molecular weight excluding hydrogens is 308 g/mol. The Morgan fingerprint density at radius 2 is 1.96 bits per heavy atom. The van der Waals surface area contributed by atoms with Crippen molar-refractivity contribution < 1.29 is 18.7 Å². The number of ether oxygens (including phenoxy) is 1. The Balaban J connectivity index is 1.95. The Morgan fingerprint density at radius 1 is 1.25 bits per heavy atom. The molecule has 0 saturated heterocycles. The average Bonchev–Trinajstić information content (AvgIpc) is 2.99. The minimum absolute atomic E-state index is 0.154. The molecule has 0 unspecified atom stereocenters. The number of rotatable bonds is 8. The lowest BCUT2D eigenvalue weighted by Gasteiger charge is -2.14. The van der Waals surface area contributed by atoms with E-state index < -0.39 is 11.8 Å². The molecule has 1 heterocycles. The molecular formula is C18H22N2O4. The molecule has 2 rings (SSSR count). The van der Waals surface area contributed by atoms with Gasteiger partial charge in [0.1, 0.15) is 5.75 Å². The van der Waals surface area contributed by atoms with Gasteiger partial charge in [0.25, 0.3) is 5.91 Å². The maximum atomic E-state index is 12.0. The summed E-state index contributed by atoms with van der Waals surface area (Å²) < 4.78 is 10.5. The van der Waals surface area contributed by atoms with Crippen molar-refractivity contribution in [2.75, 3.05) is 13.2 Å². The third-order valence-electron chi connectivity index (χ3n) is 3.70. The van der Waals surface area contributed by atoms with Crippen LogP contribution in [0.4, 0.5) is 0 Å². The fourth-order valence-electron chi connectivity index (χ4n) is 2.35. The van der Waals surface area contributed by atoms with Crippen LogP contribution in [0, 0.1) is 12.8 Å². The number of amides is 2. The van der Waals surface area contributed by atoms with Gasteiger partial charge in [0.05, 0.1) is 18.8 Å². The van der Waals surface area contributed by atoms with Crippen molar-refractivity contribution in [2.24, 2.45) is 11.7 Å². The fraction of sp³-hybridized carbons (Fsp3) is 0.333. The molecule has 0 aliphatic rings. The second kappa shape index (κ2) is 8.19. The van der Waals surface area contributed by atoms with Gasteiger partial charge >= 0.3 is 0 Å². The van der Waals surface area contributed by atoms with Crippen LogP contribution in [0.25, 0.3) is 0 Å². The van der Waals surface area contributed by atoms with Crippen molar-refractivity contribution >= 4 is 11.8 Å². The smallest absolute Gasteiger partial charge is 0.287 e. The van der Waals surface area contributed by atoms with E-state index in [-0.39, 0.29) is 18.2 Å². The maximum absolute atomic E-state index is 12.0. The van der Waals surface area contributed by atoms with Crippen LogP contribution in [0.3, 0.4) is 0 Å². The van der Waals surface area contributed by atoms with Crippen LogP contribution in [0.1, 0.15) is 28.6 Å². The standard InChI is InChI=1S/C18H22N2O4/c1-3-23-15-6-4-13(5-7-15)10-14(17(19)21)11-20-18(22)16-12(2)8-9-24-16/h4-9,14H,3,10-11H2,1-2H3,(H2,19,21)(H,20,22)/t14-/m0/s1. The van der Waals surface area contributed by atoms with Gasteiger partial charge in [0.15, 0.2) is 5.76 Å². The highest BCUT2D eigenvalue weighted by molar-refractivity contribution is 5.93. The third-order valence-corrected chi connectivity index (χ3v) is 3.70. The maximum Gasteiger partial charge on any atom is 0.287 e. The van der Waals surface area contributed by atoms with Gasteiger partial charge in [-0.2, -0.15) is 0 Å². The van der Waals surface area contributed by atoms with Crippen LogP contribution in [-0.2, 0) is 11.2 Å². The summed E-state index contributed by atoms with van der Waals surface area (Å²) in [6.45, 7) is 4.45. The fourth-order valence-corrected chi connectivity index (χ4v) is 2.35. The Labute approximate surface area is 141 Å². The van der Waals surface area contributed by atoms with Crippen LogP contribution in [0.15, 0.2) is 41.0 Å². The van der Waals surface area contributed by atoms with E-state index in [9.17, 15) is 9.59 Å². The lowest BCUT2D eigenvalue weighted by atomic mass is 9.98. The van der Waals surface area contributed by atoms with Crippen LogP contribution < -0.4 is 15.8 Å². The van der Waals surface area contributed by atoms with Crippen molar-refractivity contribution in [3.63, 3.8) is 0 Å². The minimum Gasteiger partial charge on any atom is -0.494 e. The zero-order chi connectivity index (χ0) is 17.5. The number of hydrogen-bond donors (Lipinski definition) is 2. The van der Waals surface area contributed by atoms with E-state index in [0.29, 0.717) is 13.0 Å². The van der Waals surface area contributed by atoms with E-state index in [2.05, 4.69) is 5.32 Å². The third kappa shape index (κ3) is 4.62. The van der Waals surface area contributed by atoms with Crippen molar-refractivity contribution in [1.82, 2.24) is 5.32 Å². The largest absolute Gasteiger partial charge is 0.494 e. The van der Waals surface area contributed by atoms with Crippen LogP contribution >= 0.6 is 0 Å². The Hall–Kier alpha value is -2.76. The lowest BCUT2D eigenvalue weighted by Crippen LogP contribution is -2.37. The summed E-state index contributed by atoms with van der Waals surface area (Å²) in [5.41, 5.74) is 7.15. The molecule has 1 aromatic carbocycles. The molecule has 24 heavy (non-hydrogen) atoms. The predicted octanol–water partition coefficient (Wildman–Crippen LogP) is 2.06. The summed E-state index contributed by atoms with van der Waals surface area (Å²) in [5.74, 6) is -0.282. The van der Waals surface area contributed by atoms with Gasteiger partial charge in [0.2, 0.25) is 5.91 Å². The van der Waals surface area contributed by atoms with E-state index in [4.69, 9.17) is 14.9 Å². The van der Waals surface area contributed by atoms with Gasteiger partial charge < -0.3 is 20.2 Å². The van der Waals surface area contributed by atoms with Gasteiger partial charge in [-0.1, -0.05) is 12.1 Å². The normalized spacial score (nSPS) is 11.8. The quantitative estimate of drug-likeness (QED) is 0.774. The molecule has 0 radical (unpaired) electrons. The molecule has 0 aliphatic carbocycles. The number of furan rings is 1. The molecule has 6 nitrogen and oxygen atoms in total. The van der Waals surface area contributed by atoms with Crippen LogP contribution in [0.2, 0.25) is 0 Å². The van der Waals surface area contributed by atoms with E-state index >= 15 is 0 Å². The van der Waals surface area contributed by atoms with Crippen LogP contribution in [-0.4, -0.2) is 25.0 Å². The van der Waals surface area contributed by atoms with Crippen molar-refractivity contribution in [3.05, 3.63) is 53.5 Å². The summed E-state index contributed by atoms with van der Waals surface area (Å²) >= 11 is 0. The summed E-state index contributed by atoms with van der Waals surface area (Å²) in [7, 11) is 0. The monoisotopic (exact) mass is 330 g/mol. The number of nitrogens with one attached hydrogen (secondary N) is 1. The van der Waals surface area contributed by atoms with E-state index in [1.54, 1.807) is 13.0 Å². The Kier molecular flexibility index (Phi) is 6.01. The molecule has 0 bridgehead atoms. The molecule has 1 atom stereocenters. The van der Waals surface area contributed by atoms with Gasteiger partial charge in [-0.05, 0) is 44.0 Å². The Bertz CT molecular complexity index is 691. The number of primary amides is 1. The van der Waals surface area contributed by atoms with Gasteiger partial charge in [-0.25, -0.2) is 0 Å². The highest BCUT2D eigenvalue weighted by atomic mass is 16.5. The first-order valence-corrected chi connectivity index (χ1v) is 7.84. The van der Waals surface area contributed by atoms with E-state index in [1.165, 1.54) is 6.26 Å². The zero-order valence-corrected chi connectivity index (χ0v) is 13.9. The second-order valence-electron chi connectivity index (χ2n) is 5.52. The molecule has 0 aliphatic heterocycles. The van der Waals surface area contributed by atoms with Gasteiger partial charge in [-0.3, -0.25) is 9.59 Å². The summed E-state index contributed by atoms with van der Waals surface area (Å²) in [5, 5.41) is 2.70. The molecule has 2 amide bonds. The highest BCUT2D eigenvalue weighted by Gasteiger charge is 2.19. The molecule has 128 valence electrons. The number of nitrogens with two attached hydrogens (primary N) is 1. The van der Waals surface area contributed by atoms with Gasteiger partial charge in [0, 0.05) is 12.1 Å². The minimum atomic E-state index is -0.498. The second-order valence-corrected chi connectivity index (χ2v) is 5.52. The predicted molar refractivity (Wildman–Crippen MR) is 89.8 cm³/mol. The van der Waals surface area contributed by atoms with Crippen molar-refractivity contribution in [2.45, 2.75) is 20.3 Å². The van der Waals surface area contributed by atoms with Crippen LogP contribution in [0.5, 0.6) is 5.75 Å². The number of aryl methyl sites for hydroxylation is 1. The summed E-state index contributed by atoms with van der Waals surface area (Å²) in [4.78, 5) is 23.7. The molecule has 3 N–H and O–H groups in total. The number of carbonyl (C=O) groups excluding carboxylic acids is 2. The highest BCUT2D eigenvalue weighted by Crippen LogP contribution is 2.15. The molecule has 1 aromatic heterocycles. The number of benzene rings is 1. The van der Waals surface area contributed by atoms with E-state index in [0.717, 1.165) is 16.9 Å². The first kappa shape index (κ1) is 17.6. The zero-order valence-electron chi connectivity index (χ0n) is 13.9. The molecule has 6 heteroatoms. The molecule has 0 fully saturated rings. The first-order chi connectivity index (χ1) is 11.5. The topological polar surface area (TPSA) is 94.6 Å². The van der Waals surface area contributed by atoms with Crippen molar-refractivity contribution in [1.29, 1.82) is 0 Å². The van der Waals surface area contributed by atoms with Gasteiger partial charge in [-0.15, -0.1) is 0 Å². The first-order valence-electron chi connectivity index (χ1n) is 7.84. The molecule has 2 aromatic rings. The summed E-state index contributed by atoms with van der Waals surface area (Å²) in [6, 6.07) is 9.18. The lowest BCUT2D eigenvalue weighted by molar-refractivity contribution is -0.121. The number of hydrogen-bond acceptors (Lipinski definition) is 4. The molecule has 0 saturated carbocycles. The summed E-state index contributed by atoms with van der Waals surface area (Å²) in [6.07, 6.45) is 1.90. The molecule has 0 spiro atoms. The van der Waals surface area contributed by atoms with E-state index in [1.807, 2.05) is 31.2 Å². The Morgan fingerprint density at radius 3 is 2.50 bits per heavy atom.